The van der Waals surface area contributed by atoms with E-state index in [1.165, 1.54) is 71.0 Å². The third kappa shape index (κ3) is 7.07. The molecular formula is C21H42N4O. The van der Waals surface area contributed by atoms with Gasteiger partial charge in [-0.3, -0.25) is 4.99 Å². The number of hydrogen-bond donors (Lipinski definition) is 3. The van der Waals surface area contributed by atoms with E-state index in [1.807, 2.05) is 0 Å². The number of hydrogen-bond acceptors (Lipinski definition) is 3. The average molecular weight is 367 g/mol. The second kappa shape index (κ2) is 11.8. The van der Waals surface area contributed by atoms with Gasteiger partial charge in [-0.05, 0) is 76.4 Å². The lowest BCUT2D eigenvalue weighted by Gasteiger charge is -2.35. The summed E-state index contributed by atoms with van der Waals surface area (Å²) in [6.07, 6.45) is 11.2. The number of guanidine groups is 1. The van der Waals surface area contributed by atoms with Crippen molar-refractivity contribution in [3.63, 3.8) is 0 Å². The van der Waals surface area contributed by atoms with Crippen LogP contribution in [0.4, 0.5) is 0 Å². The van der Waals surface area contributed by atoms with Gasteiger partial charge >= 0.3 is 0 Å². The molecule has 2 fully saturated rings. The van der Waals surface area contributed by atoms with E-state index in [0.29, 0.717) is 0 Å². The van der Waals surface area contributed by atoms with Gasteiger partial charge in [0.1, 0.15) is 0 Å². The lowest BCUT2D eigenvalue weighted by Crippen LogP contribution is -2.40. The molecule has 26 heavy (non-hydrogen) atoms. The van der Waals surface area contributed by atoms with Crippen LogP contribution in [0.3, 0.4) is 0 Å². The molecule has 1 saturated carbocycles. The van der Waals surface area contributed by atoms with Gasteiger partial charge < -0.3 is 20.6 Å². The summed E-state index contributed by atoms with van der Waals surface area (Å²) < 4.78 is 0. The van der Waals surface area contributed by atoms with Crippen LogP contribution in [-0.2, 0) is 0 Å². The molecule has 1 saturated heterocycles. The monoisotopic (exact) mass is 366 g/mol. The van der Waals surface area contributed by atoms with Crippen LogP contribution in [0.2, 0.25) is 0 Å². The highest BCUT2D eigenvalue weighted by Crippen LogP contribution is 2.39. The summed E-state index contributed by atoms with van der Waals surface area (Å²) in [7, 11) is 0. The number of nitrogens with zero attached hydrogens (tertiary/aromatic N) is 2. The maximum Gasteiger partial charge on any atom is 0.191 e. The van der Waals surface area contributed by atoms with Crippen LogP contribution in [0.15, 0.2) is 4.99 Å². The lowest BCUT2D eigenvalue weighted by atomic mass is 9.72. The van der Waals surface area contributed by atoms with E-state index in [2.05, 4.69) is 29.4 Å². The molecule has 5 nitrogen and oxygen atoms in total. The highest BCUT2D eigenvalue weighted by molar-refractivity contribution is 5.79. The van der Waals surface area contributed by atoms with Crippen molar-refractivity contribution in [1.29, 1.82) is 0 Å². The minimum Gasteiger partial charge on any atom is -0.396 e. The zero-order chi connectivity index (χ0) is 18.7. The SMILES string of the molecule is CCNC(=NCC1(CCO)CCCCC1)NCCC1CCN(CC)CC1. The number of rotatable bonds is 9. The molecule has 0 radical (unpaired) electrons. The van der Waals surface area contributed by atoms with Gasteiger partial charge in [-0.1, -0.05) is 26.2 Å². The second-order valence-corrected chi connectivity index (χ2v) is 8.32. The zero-order valence-corrected chi connectivity index (χ0v) is 17.2. The lowest BCUT2D eigenvalue weighted by molar-refractivity contribution is 0.137. The third-order valence-corrected chi connectivity index (χ3v) is 6.47. The topological polar surface area (TPSA) is 59.9 Å². The summed E-state index contributed by atoms with van der Waals surface area (Å²) in [6, 6.07) is 0. The molecule has 0 bridgehead atoms. The van der Waals surface area contributed by atoms with Gasteiger partial charge in [0, 0.05) is 26.2 Å². The Kier molecular flexibility index (Phi) is 9.76. The Morgan fingerprint density at radius 3 is 2.46 bits per heavy atom. The Bertz CT molecular complexity index is 393. The van der Waals surface area contributed by atoms with Crippen LogP contribution >= 0.6 is 0 Å². The number of aliphatic imine (C=N–C) groups is 1. The maximum absolute atomic E-state index is 9.49. The fourth-order valence-electron chi connectivity index (χ4n) is 4.60. The molecule has 0 aromatic carbocycles. The average Bonchev–Trinajstić information content (AvgIpc) is 2.68. The van der Waals surface area contributed by atoms with Crippen molar-refractivity contribution in [2.75, 3.05) is 45.9 Å². The molecule has 2 aliphatic rings. The van der Waals surface area contributed by atoms with Gasteiger partial charge in [0.15, 0.2) is 5.96 Å². The van der Waals surface area contributed by atoms with E-state index < -0.39 is 0 Å². The number of likely N-dealkylation sites (tertiary alicyclic amines) is 1. The van der Waals surface area contributed by atoms with Crippen molar-refractivity contribution in [1.82, 2.24) is 15.5 Å². The van der Waals surface area contributed by atoms with Crippen molar-refractivity contribution < 1.29 is 5.11 Å². The molecule has 0 aromatic heterocycles. The van der Waals surface area contributed by atoms with Crippen molar-refractivity contribution in [2.24, 2.45) is 16.3 Å². The Hall–Kier alpha value is -0.810. The molecule has 1 aliphatic carbocycles. The fraction of sp³-hybridized carbons (Fsp3) is 0.952. The van der Waals surface area contributed by atoms with Crippen molar-refractivity contribution in [3.05, 3.63) is 0 Å². The number of aliphatic hydroxyl groups is 1. The summed E-state index contributed by atoms with van der Waals surface area (Å²) in [5.41, 5.74) is 0.225. The van der Waals surface area contributed by atoms with Crippen LogP contribution in [0.1, 0.15) is 71.6 Å². The first-order chi connectivity index (χ1) is 12.7. The molecule has 3 N–H and O–H groups in total. The van der Waals surface area contributed by atoms with E-state index in [9.17, 15) is 5.11 Å². The van der Waals surface area contributed by atoms with Gasteiger partial charge in [-0.25, -0.2) is 0 Å². The molecule has 0 spiro atoms. The fourth-order valence-corrected chi connectivity index (χ4v) is 4.60. The van der Waals surface area contributed by atoms with Gasteiger partial charge in [-0.15, -0.1) is 0 Å². The normalized spacial score (nSPS) is 22.3. The predicted octanol–water partition coefficient (Wildman–Crippen LogP) is 3.00. The minimum atomic E-state index is 0.225. The molecular weight excluding hydrogens is 324 g/mol. The molecule has 1 heterocycles. The Morgan fingerprint density at radius 1 is 1.12 bits per heavy atom. The van der Waals surface area contributed by atoms with Crippen LogP contribution in [0.25, 0.3) is 0 Å². The van der Waals surface area contributed by atoms with Gasteiger partial charge in [-0.2, -0.15) is 0 Å². The van der Waals surface area contributed by atoms with Crippen molar-refractivity contribution in [3.8, 4) is 0 Å². The van der Waals surface area contributed by atoms with Crippen LogP contribution in [0, 0.1) is 11.3 Å². The first-order valence-corrected chi connectivity index (χ1v) is 11.1. The first-order valence-electron chi connectivity index (χ1n) is 11.1. The van der Waals surface area contributed by atoms with E-state index in [1.54, 1.807) is 0 Å². The molecule has 0 aromatic rings. The standard InChI is InChI=1S/C21H42N4O/c1-3-22-20(23-14-8-19-9-15-25(4-2)16-10-19)24-18-21(13-17-26)11-6-5-7-12-21/h19,26H,3-18H2,1-2H3,(H2,22,23,24). The van der Waals surface area contributed by atoms with E-state index in [0.717, 1.165) is 37.9 Å². The van der Waals surface area contributed by atoms with Crippen molar-refractivity contribution >= 4 is 5.96 Å². The highest BCUT2D eigenvalue weighted by atomic mass is 16.3. The quantitative estimate of drug-likeness (QED) is 0.434. The Balaban J connectivity index is 1.78. The van der Waals surface area contributed by atoms with E-state index >= 15 is 0 Å². The summed E-state index contributed by atoms with van der Waals surface area (Å²) in [6.45, 7) is 11.1. The van der Waals surface area contributed by atoms with Crippen LogP contribution in [0.5, 0.6) is 0 Å². The minimum absolute atomic E-state index is 0.225. The molecule has 0 atom stereocenters. The van der Waals surface area contributed by atoms with E-state index in [4.69, 9.17) is 4.99 Å². The molecule has 5 heteroatoms. The second-order valence-electron chi connectivity index (χ2n) is 8.32. The predicted molar refractivity (Wildman–Crippen MR) is 111 cm³/mol. The first kappa shape index (κ1) is 21.5. The van der Waals surface area contributed by atoms with Crippen LogP contribution < -0.4 is 10.6 Å². The largest absolute Gasteiger partial charge is 0.396 e. The maximum atomic E-state index is 9.49. The molecule has 0 amide bonds. The number of piperidine rings is 1. The smallest absolute Gasteiger partial charge is 0.191 e. The number of nitrogens with one attached hydrogen (secondary N) is 2. The van der Waals surface area contributed by atoms with Gasteiger partial charge in [0.2, 0.25) is 0 Å². The van der Waals surface area contributed by atoms with Gasteiger partial charge in [0.25, 0.3) is 0 Å². The Morgan fingerprint density at radius 2 is 1.85 bits per heavy atom. The molecule has 0 unspecified atom stereocenters. The molecule has 152 valence electrons. The highest BCUT2D eigenvalue weighted by Gasteiger charge is 2.31. The summed E-state index contributed by atoms with van der Waals surface area (Å²) >= 11 is 0. The van der Waals surface area contributed by atoms with Crippen LogP contribution in [-0.4, -0.2) is 61.8 Å². The summed E-state index contributed by atoms with van der Waals surface area (Å²) in [5.74, 6) is 1.81. The third-order valence-electron chi connectivity index (χ3n) is 6.47. The van der Waals surface area contributed by atoms with Gasteiger partial charge in [0.05, 0.1) is 0 Å². The number of aliphatic hydroxyl groups excluding tert-OH is 1. The Labute approximate surface area is 161 Å². The zero-order valence-electron chi connectivity index (χ0n) is 17.2. The summed E-state index contributed by atoms with van der Waals surface area (Å²) in [4.78, 5) is 7.47. The van der Waals surface area contributed by atoms with Crippen molar-refractivity contribution in [2.45, 2.75) is 71.6 Å². The summed E-state index contributed by atoms with van der Waals surface area (Å²) in [5, 5.41) is 16.4. The molecule has 2 rings (SSSR count). The molecule has 1 aliphatic heterocycles. The van der Waals surface area contributed by atoms with E-state index in [-0.39, 0.29) is 12.0 Å².